The number of carbonyl (C=O) groups is 2. The minimum Gasteiger partial charge on any atom is -0.366 e. The molecule has 0 aromatic heterocycles. The molecule has 1 atom stereocenters. The molecule has 0 saturated carbocycles. The van der Waals surface area contributed by atoms with E-state index in [0.29, 0.717) is 22.3 Å². The Kier molecular flexibility index (Phi) is 5.32. The Morgan fingerprint density at radius 2 is 1.77 bits per heavy atom. The molecule has 30 heavy (non-hydrogen) atoms. The lowest BCUT2D eigenvalue weighted by atomic mass is 10.0. The molecule has 5 nitrogen and oxygen atoms in total. The van der Waals surface area contributed by atoms with Gasteiger partial charge >= 0.3 is 0 Å². The van der Waals surface area contributed by atoms with Crippen molar-refractivity contribution in [2.75, 3.05) is 0 Å². The van der Waals surface area contributed by atoms with Crippen molar-refractivity contribution in [3.05, 3.63) is 106 Å². The summed E-state index contributed by atoms with van der Waals surface area (Å²) in [4.78, 5) is 27.3. The van der Waals surface area contributed by atoms with Gasteiger partial charge < -0.3 is 10.6 Å². The van der Waals surface area contributed by atoms with Crippen molar-refractivity contribution in [3.8, 4) is 6.07 Å². The van der Waals surface area contributed by atoms with Crippen LogP contribution in [0.1, 0.15) is 55.4 Å². The lowest BCUT2D eigenvalue weighted by molar-refractivity contribution is 0.0656. The average Bonchev–Trinajstić information content (AvgIpc) is 3.20. The Balaban J connectivity index is 1.78. The van der Waals surface area contributed by atoms with Crippen molar-refractivity contribution in [3.63, 3.8) is 0 Å². The van der Waals surface area contributed by atoms with Crippen molar-refractivity contribution in [1.82, 2.24) is 4.90 Å². The minimum atomic E-state index is -0.517. The molecule has 0 spiro atoms. The van der Waals surface area contributed by atoms with E-state index in [1.807, 2.05) is 48.5 Å². The smallest absolute Gasteiger partial charge is 0.254 e. The van der Waals surface area contributed by atoms with E-state index in [9.17, 15) is 14.9 Å². The second kappa shape index (κ2) is 8.22. The minimum absolute atomic E-state index is 0.116. The summed E-state index contributed by atoms with van der Waals surface area (Å²) in [6.07, 6.45) is 1.60. The fourth-order valence-corrected chi connectivity index (χ4v) is 4.13. The van der Waals surface area contributed by atoms with Crippen molar-refractivity contribution >= 4 is 11.8 Å². The van der Waals surface area contributed by atoms with Crippen molar-refractivity contribution < 1.29 is 9.59 Å². The maximum atomic E-state index is 13.5. The summed E-state index contributed by atoms with van der Waals surface area (Å²) >= 11 is 0. The van der Waals surface area contributed by atoms with E-state index in [-0.39, 0.29) is 18.5 Å². The van der Waals surface area contributed by atoms with Gasteiger partial charge in [-0.1, -0.05) is 42.5 Å². The normalized spacial score (nSPS) is 14.6. The monoisotopic (exact) mass is 395 g/mol. The fraction of sp³-hybridized carbons (Fsp3) is 0.160. The van der Waals surface area contributed by atoms with Gasteiger partial charge in [0.2, 0.25) is 5.91 Å². The first-order valence-electron chi connectivity index (χ1n) is 9.85. The van der Waals surface area contributed by atoms with Gasteiger partial charge in [-0.25, -0.2) is 0 Å². The zero-order valence-electron chi connectivity index (χ0n) is 16.4. The Morgan fingerprint density at radius 1 is 1.03 bits per heavy atom. The molecule has 148 valence electrons. The van der Waals surface area contributed by atoms with Crippen LogP contribution in [-0.2, 0) is 13.0 Å². The van der Waals surface area contributed by atoms with E-state index >= 15 is 0 Å². The molecule has 2 amide bonds. The zero-order chi connectivity index (χ0) is 21.1. The number of nitrogens with zero attached hydrogens (tertiary/aromatic N) is 2. The second-order valence-electron chi connectivity index (χ2n) is 7.40. The number of primary amides is 1. The topological polar surface area (TPSA) is 87.2 Å². The molecular weight excluding hydrogens is 374 g/mol. The zero-order valence-corrected chi connectivity index (χ0v) is 16.4. The summed E-state index contributed by atoms with van der Waals surface area (Å²) in [5.74, 6) is -0.633. The highest BCUT2D eigenvalue weighted by molar-refractivity contribution is 5.96. The molecule has 3 aromatic rings. The second-order valence-corrected chi connectivity index (χ2v) is 7.40. The molecule has 0 aliphatic heterocycles. The van der Waals surface area contributed by atoms with Gasteiger partial charge in [0, 0.05) is 17.7 Å². The number of hydrogen-bond acceptors (Lipinski definition) is 3. The number of aryl methyl sites for hydroxylation is 1. The molecule has 0 bridgehead atoms. The van der Waals surface area contributed by atoms with Crippen LogP contribution in [0.3, 0.4) is 0 Å². The van der Waals surface area contributed by atoms with Gasteiger partial charge in [-0.05, 0) is 59.9 Å². The van der Waals surface area contributed by atoms with Gasteiger partial charge in [-0.3, -0.25) is 9.59 Å². The third kappa shape index (κ3) is 3.68. The van der Waals surface area contributed by atoms with Crippen molar-refractivity contribution in [2.24, 2.45) is 5.73 Å². The van der Waals surface area contributed by atoms with Crippen LogP contribution in [0.2, 0.25) is 0 Å². The Labute approximate surface area is 175 Å². The summed E-state index contributed by atoms with van der Waals surface area (Å²) in [5, 5.41) is 9.33. The fourth-order valence-electron chi connectivity index (χ4n) is 4.13. The predicted octanol–water partition coefficient (Wildman–Crippen LogP) is 3.99. The summed E-state index contributed by atoms with van der Waals surface area (Å²) in [7, 11) is 0. The third-order valence-electron chi connectivity index (χ3n) is 5.60. The molecule has 3 aromatic carbocycles. The van der Waals surface area contributed by atoms with E-state index in [4.69, 9.17) is 5.73 Å². The molecule has 2 N–H and O–H groups in total. The Morgan fingerprint density at radius 3 is 2.50 bits per heavy atom. The number of carbonyl (C=O) groups excluding carboxylic acids is 2. The van der Waals surface area contributed by atoms with Crippen LogP contribution in [0.25, 0.3) is 0 Å². The lowest BCUT2D eigenvalue weighted by Crippen LogP contribution is -2.34. The van der Waals surface area contributed by atoms with Crippen LogP contribution in [0.4, 0.5) is 0 Å². The van der Waals surface area contributed by atoms with E-state index in [1.165, 1.54) is 0 Å². The first-order valence-corrected chi connectivity index (χ1v) is 9.85. The van der Waals surface area contributed by atoms with Crippen LogP contribution < -0.4 is 5.73 Å². The van der Waals surface area contributed by atoms with E-state index < -0.39 is 5.91 Å². The van der Waals surface area contributed by atoms with Gasteiger partial charge in [0.05, 0.1) is 17.7 Å². The van der Waals surface area contributed by atoms with Crippen molar-refractivity contribution in [2.45, 2.75) is 25.4 Å². The molecule has 0 radical (unpaired) electrons. The first kappa shape index (κ1) is 19.4. The molecule has 1 aliphatic rings. The molecule has 0 unspecified atom stereocenters. The third-order valence-corrected chi connectivity index (χ3v) is 5.60. The Bertz CT molecular complexity index is 1150. The number of nitrogens with two attached hydrogens (primary N) is 1. The van der Waals surface area contributed by atoms with E-state index in [0.717, 1.165) is 24.0 Å². The maximum Gasteiger partial charge on any atom is 0.254 e. The van der Waals surface area contributed by atoms with Gasteiger partial charge in [0.15, 0.2) is 0 Å². The maximum absolute atomic E-state index is 13.5. The molecule has 5 heteroatoms. The molecule has 4 rings (SSSR count). The van der Waals surface area contributed by atoms with Crippen LogP contribution in [-0.4, -0.2) is 16.7 Å². The van der Waals surface area contributed by atoms with Gasteiger partial charge in [-0.2, -0.15) is 5.26 Å². The molecule has 0 heterocycles. The largest absolute Gasteiger partial charge is 0.366 e. The van der Waals surface area contributed by atoms with Crippen molar-refractivity contribution in [1.29, 1.82) is 5.26 Å². The number of amides is 2. The lowest BCUT2D eigenvalue weighted by Gasteiger charge is -2.31. The highest BCUT2D eigenvalue weighted by Gasteiger charge is 2.32. The van der Waals surface area contributed by atoms with E-state index in [2.05, 4.69) is 6.07 Å². The predicted molar refractivity (Wildman–Crippen MR) is 113 cm³/mol. The summed E-state index contributed by atoms with van der Waals surface area (Å²) in [5.41, 5.74) is 9.98. The highest BCUT2D eigenvalue weighted by Crippen LogP contribution is 2.38. The molecule has 1 aliphatic carbocycles. The number of hydrogen-bond donors (Lipinski definition) is 1. The van der Waals surface area contributed by atoms with Gasteiger partial charge in [0.1, 0.15) is 0 Å². The van der Waals surface area contributed by atoms with Crippen LogP contribution in [0, 0.1) is 11.3 Å². The van der Waals surface area contributed by atoms with Crippen LogP contribution >= 0.6 is 0 Å². The quantitative estimate of drug-likeness (QED) is 0.709. The van der Waals surface area contributed by atoms with Crippen LogP contribution in [0.15, 0.2) is 72.8 Å². The molecule has 0 saturated heterocycles. The first-order chi connectivity index (χ1) is 14.6. The van der Waals surface area contributed by atoms with E-state index in [1.54, 1.807) is 29.2 Å². The SMILES string of the molecule is N#Cc1ccc2c(c1)[C@H](N(Cc1ccccc1C(N)=O)C(=O)c1ccccc1)CC2. The summed E-state index contributed by atoms with van der Waals surface area (Å²) < 4.78 is 0. The molecular formula is C25H21N3O2. The van der Waals surface area contributed by atoms with Crippen LogP contribution in [0.5, 0.6) is 0 Å². The number of nitriles is 1. The van der Waals surface area contributed by atoms with Gasteiger partial charge in [-0.15, -0.1) is 0 Å². The standard InChI is InChI=1S/C25H21N3O2/c26-15-17-10-11-18-12-13-23(22(18)14-17)28(25(30)19-6-2-1-3-7-19)16-20-8-4-5-9-21(20)24(27)29/h1-11,14,23H,12-13,16H2,(H2,27,29)/t23-/m1/s1. The Hall–Kier alpha value is -3.91. The number of rotatable bonds is 5. The summed E-state index contributed by atoms with van der Waals surface area (Å²) in [6, 6.07) is 23.9. The average molecular weight is 395 g/mol. The summed E-state index contributed by atoms with van der Waals surface area (Å²) in [6.45, 7) is 0.258. The van der Waals surface area contributed by atoms with Gasteiger partial charge in [0.25, 0.3) is 5.91 Å². The molecule has 0 fully saturated rings. The highest BCUT2D eigenvalue weighted by atomic mass is 16.2. The number of fused-ring (bicyclic) bond motifs is 1. The number of benzene rings is 3.